The van der Waals surface area contributed by atoms with Gasteiger partial charge in [-0.15, -0.1) is 0 Å². The molecule has 0 aliphatic rings. The minimum absolute atomic E-state index is 0. The quantitative estimate of drug-likeness (QED) is 0.550. The van der Waals surface area contributed by atoms with Crippen LogP contribution in [0.5, 0.6) is 0 Å². The van der Waals surface area contributed by atoms with Gasteiger partial charge in [0.05, 0.1) is 7.11 Å². The number of primary amides is 1. The molecule has 1 amide bonds. The van der Waals surface area contributed by atoms with Crippen LogP contribution < -0.4 is 5.73 Å². The van der Waals surface area contributed by atoms with E-state index in [0.29, 0.717) is 0 Å². The Labute approximate surface area is 57.2 Å². The van der Waals surface area contributed by atoms with E-state index in [-0.39, 0.29) is 7.43 Å². The highest BCUT2D eigenvalue weighted by molar-refractivity contribution is 5.64. The zero-order valence-electron chi connectivity index (χ0n) is 5.60. The molecular formula is C6H17NO2. The predicted molar refractivity (Wildman–Crippen MR) is 39.3 cm³/mol. The van der Waals surface area contributed by atoms with E-state index in [2.05, 4.69) is 24.3 Å². The molecule has 0 atom stereocenters. The Kier molecular flexibility index (Phi) is 27.4. The summed E-state index contributed by atoms with van der Waals surface area (Å²) >= 11 is 0. The number of hydrogen-bond donors (Lipinski definition) is 1. The third-order valence-corrected chi connectivity index (χ3v) is 0.201. The Bertz CT molecular complexity index is 55.0. The van der Waals surface area contributed by atoms with Crippen molar-refractivity contribution in [1.29, 1.82) is 0 Å². The molecule has 0 spiro atoms. The van der Waals surface area contributed by atoms with E-state index in [0.717, 1.165) is 0 Å². The second kappa shape index (κ2) is 15.7. The molecule has 0 heterocycles. The number of ether oxygens (including phenoxy) is 1. The van der Waals surface area contributed by atoms with Gasteiger partial charge in [0.1, 0.15) is 0 Å². The molecule has 3 heteroatoms. The lowest BCUT2D eigenvalue weighted by Crippen LogP contribution is -2.08. The predicted octanol–water partition coefficient (Wildman–Crippen LogP) is 1.76. The number of amides is 1. The maximum Gasteiger partial charge on any atom is 0.404 e. The van der Waals surface area contributed by atoms with Gasteiger partial charge in [-0.25, -0.2) is 4.79 Å². The van der Waals surface area contributed by atoms with Crippen LogP contribution in [0.25, 0.3) is 0 Å². The third-order valence-electron chi connectivity index (χ3n) is 0.201. The Hall–Kier alpha value is -0.730. The summed E-state index contributed by atoms with van der Waals surface area (Å²) in [7, 11) is 1.22. The van der Waals surface area contributed by atoms with Gasteiger partial charge in [-0.2, -0.15) is 0 Å². The van der Waals surface area contributed by atoms with Crippen LogP contribution in [-0.2, 0) is 4.74 Å². The van der Waals surface area contributed by atoms with Crippen molar-refractivity contribution in [2.24, 2.45) is 5.73 Å². The lowest BCUT2D eigenvalue weighted by Gasteiger charge is -1.81. The summed E-state index contributed by atoms with van der Waals surface area (Å²) in [6.45, 7) is 4.25. The molecule has 0 fully saturated rings. The normalized spacial score (nSPS) is 5.67. The average Bonchev–Trinajstić information content (AvgIpc) is 1.69. The number of methoxy groups -OCH3 is 1. The van der Waals surface area contributed by atoms with Crippen molar-refractivity contribution in [2.45, 2.75) is 27.7 Å². The second-order valence-electron chi connectivity index (χ2n) is 1.23. The summed E-state index contributed by atoms with van der Waals surface area (Å²) in [6.07, 6.45) is 0.505. The standard InChI is InChI=1S/C3H8.C2H5NO2.CH4/c1-3-2;1-5-2(3)4;/h3H2,1-2H3;1H3,(H2,3,4);1H4. The summed E-state index contributed by atoms with van der Waals surface area (Å²) < 4.78 is 3.89. The molecule has 0 aromatic rings. The van der Waals surface area contributed by atoms with Gasteiger partial charge in [0.2, 0.25) is 0 Å². The fourth-order valence-corrected chi connectivity index (χ4v) is 0. The zero-order valence-corrected chi connectivity index (χ0v) is 5.60. The topological polar surface area (TPSA) is 52.3 Å². The van der Waals surface area contributed by atoms with E-state index in [9.17, 15) is 4.79 Å². The van der Waals surface area contributed by atoms with Crippen molar-refractivity contribution >= 4 is 6.09 Å². The van der Waals surface area contributed by atoms with Crippen LogP contribution in [-0.4, -0.2) is 13.2 Å². The van der Waals surface area contributed by atoms with E-state index in [1.807, 2.05) is 0 Å². The first-order valence-electron chi connectivity index (χ1n) is 2.52. The Balaban J connectivity index is -0.0000000800. The second-order valence-corrected chi connectivity index (χ2v) is 1.23. The largest absolute Gasteiger partial charge is 0.453 e. The van der Waals surface area contributed by atoms with Gasteiger partial charge in [-0.05, 0) is 0 Å². The summed E-state index contributed by atoms with van der Waals surface area (Å²) in [5.41, 5.74) is 4.43. The lowest BCUT2D eigenvalue weighted by atomic mass is 10.6. The van der Waals surface area contributed by atoms with Crippen LogP contribution in [0.1, 0.15) is 27.7 Å². The molecule has 0 aromatic carbocycles. The van der Waals surface area contributed by atoms with Crippen LogP contribution in [0.4, 0.5) is 4.79 Å². The SMILES string of the molecule is C.CCC.COC(N)=O. The van der Waals surface area contributed by atoms with Crippen molar-refractivity contribution < 1.29 is 9.53 Å². The Morgan fingerprint density at radius 3 is 1.67 bits per heavy atom. The first kappa shape index (κ1) is 15.7. The van der Waals surface area contributed by atoms with Crippen LogP contribution in [0.15, 0.2) is 0 Å². The molecule has 9 heavy (non-hydrogen) atoms. The van der Waals surface area contributed by atoms with Gasteiger partial charge in [-0.3, -0.25) is 0 Å². The third kappa shape index (κ3) is 125. The molecule has 0 bridgehead atoms. The van der Waals surface area contributed by atoms with Crippen molar-refractivity contribution in [2.75, 3.05) is 7.11 Å². The Morgan fingerprint density at radius 2 is 1.67 bits per heavy atom. The highest BCUT2D eigenvalue weighted by Crippen LogP contribution is 1.56. The molecule has 0 aliphatic carbocycles. The molecule has 0 radical (unpaired) electrons. The van der Waals surface area contributed by atoms with Crippen LogP contribution in [0.2, 0.25) is 0 Å². The summed E-state index contributed by atoms with van der Waals surface area (Å²) in [5.74, 6) is 0. The van der Waals surface area contributed by atoms with Crippen LogP contribution in [0, 0.1) is 0 Å². The average molecular weight is 135 g/mol. The first-order valence-corrected chi connectivity index (χ1v) is 2.52. The summed E-state index contributed by atoms with van der Waals surface area (Å²) in [5, 5.41) is 0. The molecule has 0 saturated carbocycles. The van der Waals surface area contributed by atoms with Crippen LogP contribution >= 0.6 is 0 Å². The van der Waals surface area contributed by atoms with Gasteiger partial charge >= 0.3 is 6.09 Å². The van der Waals surface area contributed by atoms with Crippen molar-refractivity contribution in [1.82, 2.24) is 0 Å². The highest BCUT2D eigenvalue weighted by atomic mass is 16.5. The number of carbonyl (C=O) groups excluding carboxylic acids is 1. The van der Waals surface area contributed by atoms with E-state index < -0.39 is 6.09 Å². The monoisotopic (exact) mass is 135 g/mol. The molecule has 58 valence electrons. The van der Waals surface area contributed by atoms with Crippen molar-refractivity contribution in [3.63, 3.8) is 0 Å². The highest BCUT2D eigenvalue weighted by Gasteiger charge is 1.76. The van der Waals surface area contributed by atoms with E-state index in [1.165, 1.54) is 13.5 Å². The molecular weight excluding hydrogens is 118 g/mol. The summed E-state index contributed by atoms with van der Waals surface area (Å²) in [4.78, 5) is 9.37. The Morgan fingerprint density at radius 1 is 1.56 bits per heavy atom. The summed E-state index contributed by atoms with van der Waals surface area (Å²) in [6, 6.07) is 0. The maximum atomic E-state index is 9.37. The van der Waals surface area contributed by atoms with Crippen LogP contribution in [0.3, 0.4) is 0 Å². The smallest absolute Gasteiger partial charge is 0.404 e. The molecule has 0 saturated heterocycles. The molecule has 0 rings (SSSR count). The molecule has 0 aromatic heterocycles. The van der Waals surface area contributed by atoms with Gasteiger partial charge in [0.15, 0.2) is 0 Å². The van der Waals surface area contributed by atoms with E-state index in [1.54, 1.807) is 0 Å². The molecule has 3 nitrogen and oxygen atoms in total. The van der Waals surface area contributed by atoms with E-state index >= 15 is 0 Å². The fraction of sp³-hybridized carbons (Fsp3) is 0.833. The molecule has 0 aliphatic heterocycles. The fourth-order valence-electron chi connectivity index (χ4n) is 0. The number of rotatable bonds is 0. The molecule has 2 N–H and O–H groups in total. The zero-order chi connectivity index (χ0) is 6.99. The van der Waals surface area contributed by atoms with Gasteiger partial charge < -0.3 is 10.5 Å². The minimum atomic E-state index is -0.745. The maximum absolute atomic E-state index is 9.37. The lowest BCUT2D eigenvalue weighted by molar-refractivity contribution is 0.182. The minimum Gasteiger partial charge on any atom is -0.453 e. The number of carbonyl (C=O) groups is 1. The molecule has 0 unspecified atom stereocenters. The van der Waals surface area contributed by atoms with Crippen molar-refractivity contribution in [3.8, 4) is 0 Å². The first-order chi connectivity index (χ1) is 3.68. The van der Waals surface area contributed by atoms with Gasteiger partial charge in [-0.1, -0.05) is 27.7 Å². The number of nitrogens with two attached hydrogens (primary N) is 1. The van der Waals surface area contributed by atoms with Gasteiger partial charge in [0, 0.05) is 0 Å². The number of hydrogen-bond acceptors (Lipinski definition) is 2. The van der Waals surface area contributed by atoms with E-state index in [4.69, 9.17) is 0 Å². The van der Waals surface area contributed by atoms with Crippen molar-refractivity contribution in [3.05, 3.63) is 0 Å². The van der Waals surface area contributed by atoms with Gasteiger partial charge in [0.25, 0.3) is 0 Å².